The summed E-state index contributed by atoms with van der Waals surface area (Å²) in [4.78, 5) is 0. The van der Waals surface area contributed by atoms with Gasteiger partial charge in [0.15, 0.2) is 0 Å². The van der Waals surface area contributed by atoms with Gasteiger partial charge in [-0.25, -0.2) is 12.7 Å². The molecule has 0 aromatic rings. The molecule has 4 nitrogen and oxygen atoms in total. The minimum Gasteiger partial charge on any atom is -0.312 e. The summed E-state index contributed by atoms with van der Waals surface area (Å²) >= 11 is 0. The zero-order valence-corrected chi connectivity index (χ0v) is 11.4. The third-order valence-electron chi connectivity index (χ3n) is 3.22. The van der Waals surface area contributed by atoms with Crippen LogP contribution in [0.15, 0.2) is 0 Å². The van der Waals surface area contributed by atoms with Crippen LogP contribution in [0.1, 0.15) is 33.6 Å². The monoisotopic (exact) mass is 248 g/mol. The first-order valence-electron chi connectivity index (χ1n) is 6.18. The Bertz CT molecular complexity index is 301. The van der Waals surface area contributed by atoms with E-state index in [2.05, 4.69) is 26.1 Å². The Balaban J connectivity index is 2.30. The lowest BCUT2D eigenvalue weighted by Gasteiger charge is -2.22. The van der Waals surface area contributed by atoms with Crippen molar-refractivity contribution in [3.63, 3.8) is 0 Å². The van der Waals surface area contributed by atoms with E-state index in [9.17, 15) is 8.42 Å². The molecule has 5 heteroatoms. The topological polar surface area (TPSA) is 49.4 Å². The summed E-state index contributed by atoms with van der Waals surface area (Å²) in [5.41, 5.74) is 0. The first kappa shape index (κ1) is 13.9. The molecule has 1 aliphatic heterocycles. The largest absolute Gasteiger partial charge is 0.312 e. The van der Waals surface area contributed by atoms with Crippen molar-refractivity contribution in [2.75, 3.05) is 25.4 Å². The molecule has 0 radical (unpaired) electrons. The van der Waals surface area contributed by atoms with Crippen LogP contribution in [0.2, 0.25) is 0 Å². The lowest BCUT2D eigenvalue weighted by molar-refractivity contribution is 0.362. The predicted octanol–water partition coefficient (Wildman–Crippen LogP) is 1.05. The van der Waals surface area contributed by atoms with Gasteiger partial charge in [0.2, 0.25) is 10.0 Å². The van der Waals surface area contributed by atoms with Crippen molar-refractivity contribution < 1.29 is 8.42 Å². The quantitative estimate of drug-likeness (QED) is 0.764. The van der Waals surface area contributed by atoms with Gasteiger partial charge in [-0.1, -0.05) is 20.8 Å². The van der Waals surface area contributed by atoms with Crippen LogP contribution >= 0.6 is 0 Å². The summed E-state index contributed by atoms with van der Waals surface area (Å²) in [7, 11) is -2.92. The van der Waals surface area contributed by atoms with Crippen LogP contribution in [0.4, 0.5) is 0 Å². The molecule has 1 fully saturated rings. The van der Waals surface area contributed by atoms with E-state index in [-0.39, 0.29) is 0 Å². The fourth-order valence-electron chi connectivity index (χ4n) is 2.17. The molecule has 0 aromatic carbocycles. The Kier molecular flexibility index (Phi) is 5.21. The van der Waals surface area contributed by atoms with Gasteiger partial charge in [0.25, 0.3) is 0 Å². The van der Waals surface area contributed by atoms with Crippen molar-refractivity contribution in [1.82, 2.24) is 9.62 Å². The first-order chi connectivity index (χ1) is 7.47. The number of rotatable bonds is 6. The molecular weight excluding hydrogens is 224 g/mol. The fraction of sp³-hybridized carbons (Fsp3) is 1.00. The molecule has 0 amide bonds. The van der Waals surface area contributed by atoms with Gasteiger partial charge in [-0.15, -0.1) is 0 Å². The maximum absolute atomic E-state index is 11.5. The van der Waals surface area contributed by atoms with Crippen LogP contribution in [0.5, 0.6) is 0 Å². The second-order valence-electron chi connectivity index (χ2n) is 4.78. The molecule has 0 saturated carbocycles. The van der Waals surface area contributed by atoms with Crippen molar-refractivity contribution >= 4 is 10.0 Å². The van der Waals surface area contributed by atoms with E-state index >= 15 is 0 Å². The van der Waals surface area contributed by atoms with Gasteiger partial charge < -0.3 is 5.32 Å². The smallest absolute Gasteiger partial charge is 0.214 e. The standard InChI is InChI=1S/C11H24N2O2S/c1-4-11(10(2)3)12-6-8-13-7-5-9-16(13,14)15/h10-12H,4-9H2,1-3H3. The highest BCUT2D eigenvalue weighted by Gasteiger charge is 2.27. The molecule has 1 unspecified atom stereocenters. The highest BCUT2D eigenvalue weighted by molar-refractivity contribution is 7.89. The molecule has 0 spiro atoms. The molecule has 1 aliphatic rings. The van der Waals surface area contributed by atoms with E-state index in [1.54, 1.807) is 4.31 Å². The van der Waals surface area contributed by atoms with Crippen LogP contribution < -0.4 is 5.32 Å². The Morgan fingerprint density at radius 3 is 2.50 bits per heavy atom. The summed E-state index contributed by atoms with van der Waals surface area (Å²) in [6, 6.07) is 0.491. The lowest BCUT2D eigenvalue weighted by atomic mass is 10.0. The van der Waals surface area contributed by atoms with Crippen molar-refractivity contribution in [3.8, 4) is 0 Å². The number of sulfonamides is 1. The van der Waals surface area contributed by atoms with Crippen molar-refractivity contribution in [1.29, 1.82) is 0 Å². The van der Waals surface area contributed by atoms with Crippen molar-refractivity contribution in [2.45, 2.75) is 39.7 Å². The molecule has 16 heavy (non-hydrogen) atoms. The maximum atomic E-state index is 11.5. The lowest BCUT2D eigenvalue weighted by Crippen LogP contribution is -2.39. The fourth-order valence-corrected chi connectivity index (χ4v) is 3.70. The SMILES string of the molecule is CCC(NCCN1CCCS1(=O)=O)C(C)C. The Labute approximate surface area is 99.5 Å². The summed E-state index contributed by atoms with van der Waals surface area (Å²) in [5, 5.41) is 3.43. The van der Waals surface area contributed by atoms with E-state index < -0.39 is 10.0 Å². The number of nitrogens with one attached hydrogen (secondary N) is 1. The highest BCUT2D eigenvalue weighted by Crippen LogP contribution is 2.12. The van der Waals surface area contributed by atoms with Gasteiger partial charge in [-0.05, 0) is 18.8 Å². The van der Waals surface area contributed by atoms with E-state index in [4.69, 9.17) is 0 Å². The summed E-state index contributed by atoms with van der Waals surface area (Å²) in [6.45, 7) is 8.61. The minimum absolute atomic E-state index is 0.328. The summed E-state index contributed by atoms with van der Waals surface area (Å²) < 4.78 is 24.7. The number of nitrogens with zero attached hydrogens (tertiary/aromatic N) is 1. The number of hydrogen-bond acceptors (Lipinski definition) is 3. The molecule has 0 aliphatic carbocycles. The second kappa shape index (κ2) is 5.98. The van der Waals surface area contributed by atoms with Gasteiger partial charge in [-0.2, -0.15) is 0 Å². The molecule has 1 heterocycles. The van der Waals surface area contributed by atoms with Crippen LogP contribution in [0.25, 0.3) is 0 Å². The second-order valence-corrected chi connectivity index (χ2v) is 6.87. The van der Waals surface area contributed by atoms with Crippen LogP contribution in [0.3, 0.4) is 0 Å². The van der Waals surface area contributed by atoms with Crippen LogP contribution in [-0.2, 0) is 10.0 Å². The summed E-state index contributed by atoms with van der Waals surface area (Å²) in [5.74, 6) is 0.925. The molecule has 1 rings (SSSR count). The molecule has 0 bridgehead atoms. The normalized spacial score (nSPS) is 22.8. The van der Waals surface area contributed by atoms with Gasteiger partial charge in [0.05, 0.1) is 5.75 Å². The van der Waals surface area contributed by atoms with Crippen LogP contribution in [0, 0.1) is 5.92 Å². The van der Waals surface area contributed by atoms with Crippen molar-refractivity contribution in [3.05, 3.63) is 0 Å². The van der Waals surface area contributed by atoms with Gasteiger partial charge in [-0.3, -0.25) is 0 Å². The molecule has 0 aromatic heterocycles. The average Bonchev–Trinajstić information content (AvgIpc) is 2.52. The zero-order chi connectivity index (χ0) is 12.2. The Hall–Kier alpha value is -0.130. The maximum Gasteiger partial charge on any atom is 0.214 e. The van der Waals surface area contributed by atoms with Gasteiger partial charge in [0, 0.05) is 25.7 Å². The average molecular weight is 248 g/mol. The predicted molar refractivity (Wildman–Crippen MR) is 66.9 cm³/mol. The van der Waals surface area contributed by atoms with E-state index in [1.807, 2.05) is 0 Å². The molecule has 1 atom stereocenters. The zero-order valence-electron chi connectivity index (χ0n) is 10.6. The highest BCUT2D eigenvalue weighted by atomic mass is 32.2. The van der Waals surface area contributed by atoms with E-state index in [0.29, 0.717) is 30.8 Å². The van der Waals surface area contributed by atoms with Gasteiger partial charge in [0.1, 0.15) is 0 Å². The third kappa shape index (κ3) is 3.71. The molecule has 1 N–H and O–H groups in total. The third-order valence-corrected chi connectivity index (χ3v) is 5.17. The molecule has 96 valence electrons. The van der Waals surface area contributed by atoms with Crippen LogP contribution in [-0.4, -0.2) is 44.2 Å². The van der Waals surface area contributed by atoms with Crippen molar-refractivity contribution in [2.24, 2.45) is 5.92 Å². The first-order valence-corrected chi connectivity index (χ1v) is 7.79. The Morgan fingerprint density at radius 1 is 1.38 bits per heavy atom. The van der Waals surface area contributed by atoms with E-state index in [0.717, 1.165) is 19.4 Å². The summed E-state index contributed by atoms with van der Waals surface area (Å²) in [6.07, 6.45) is 1.87. The number of hydrogen-bond donors (Lipinski definition) is 1. The molecule has 1 saturated heterocycles. The Morgan fingerprint density at radius 2 is 2.06 bits per heavy atom. The van der Waals surface area contributed by atoms with Gasteiger partial charge >= 0.3 is 0 Å². The molecular formula is C11H24N2O2S. The van der Waals surface area contributed by atoms with E-state index in [1.165, 1.54) is 0 Å². The minimum atomic E-state index is -2.92.